The van der Waals surface area contributed by atoms with E-state index in [-0.39, 0.29) is 5.46 Å². The maximum absolute atomic E-state index is 10.6. The molecule has 0 radical (unpaired) electrons. The molecule has 0 aliphatic carbocycles. The molecule has 0 bridgehead atoms. The number of benzene rings is 1. The van der Waals surface area contributed by atoms with Crippen LogP contribution in [-0.2, 0) is 0 Å². The van der Waals surface area contributed by atoms with Crippen LogP contribution in [0.5, 0.6) is 5.75 Å². The Balaban J connectivity index is 3.04. The largest absolute Gasteiger partial charge is 0.493 e. The summed E-state index contributed by atoms with van der Waals surface area (Å²) < 4.78 is 5.17. The number of rotatable bonds is 4. The maximum Gasteiger partial charge on any atom is 0.488 e. The lowest BCUT2D eigenvalue weighted by molar-refractivity contribution is 0.112. The quantitative estimate of drug-likeness (QED) is 0.504. The molecule has 1 aromatic carbocycles. The second-order valence-corrected chi connectivity index (χ2v) is 2.72. The topological polar surface area (TPSA) is 66.8 Å². The van der Waals surface area contributed by atoms with Gasteiger partial charge in [-0.1, -0.05) is 6.07 Å². The first kappa shape index (κ1) is 10.8. The third kappa shape index (κ3) is 2.34. The fourth-order valence-electron chi connectivity index (χ4n) is 1.11. The number of hydrogen-bond acceptors (Lipinski definition) is 4. The van der Waals surface area contributed by atoms with Gasteiger partial charge in [-0.2, -0.15) is 0 Å². The van der Waals surface area contributed by atoms with Crippen LogP contribution in [0.3, 0.4) is 0 Å². The van der Waals surface area contributed by atoms with E-state index in [0.29, 0.717) is 24.2 Å². The van der Waals surface area contributed by atoms with Crippen molar-refractivity contribution in [2.24, 2.45) is 0 Å². The zero-order chi connectivity index (χ0) is 10.6. The van der Waals surface area contributed by atoms with Crippen LogP contribution in [0, 0.1) is 0 Å². The smallest absolute Gasteiger partial charge is 0.488 e. The minimum Gasteiger partial charge on any atom is -0.493 e. The van der Waals surface area contributed by atoms with Crippen LogP contribution in [0.15, 0.2) is 18.2 Å². The Morgan fingerprint density at radius 3 is 2.71 bits per heavy atom. The molecule has 0 amide bonds. The van der Waals surface area contributed by atoms with E-state index in [4.69, 9.17) is 14.8 Å². The van der Waals surface area contributed by atoms with Gasteiger partial charge in [0, 0.05) is 0 Å². The highest BCUT2D eigenvalue weighted by Gasteiger charge is 2.13. The first-order valence-electron chi connectivity index (χ1n) is 4.27. The molecule has 74 valence electrons. The van der Waals surface area contributed by atoms with Crippen molar-refractivity contribution in [2.45, 2.75) is 6.92 Å². The zero-order valence-corrected chi connectivity index (χ0v) is 7.80. The normalized spacial score (nSPS) is 9.64. The van der Waals surface area contributed by atoms with Crippen LogP contribution in [0.2, 0.25) is 0 Å². The van der Waals surface area contributed by atoms with Gasteiger partial charge in [0.25, 0.3) is 0 Å². The predicted octanol–water partition coefficient (Wildman–Crippen LogP) is -0.422. The number of carbonyl (C=O) groups excluding carboxylic acids is 1. The summed E-state index contributed by atoms with van der Waals surface area (Å²) in [4.78, 5) is 10.6. The Hall–Kier alpha value is -1.33. The monoisotopic (exact) mass is 194 g/mol. The molecule has 0 aliphatic heterocycles. The average Bonchev–Trinajstić information content (AvgIpc) is 2.18. The number of aldehydes is 1. The number of ether oxygens (including phenoxy) is 1. The average molecular weight is 194 g/mol. The molecule has 0 fully saturated rings. The second-order valence-electron chi connectivity index (χ2n) is 2.72. The number of hydrogen-bond donors (Lipinski definition) is 2. The summed E-state index contributed by atoms with van der Waals surface area (Å²) in [6, 6.07) is 4.44. The van der Waals surface area contributed by atoms with Crippen LogP contribution in [0.4, 0.5) is 0 Å². The molecule has 0 unspecified atom stereocenters. The second kappa shape index (κ2) is 4.78. The van der Waals surface area contributed by atoms with Gasteiger partial charge in [-0.25, -0.2) is 0 Å². The molecule has 4 nitrogen and oxygen atoms in total. The third-order valence-corrected chi connectivity index (χ3v) is 1.76. The van der Waals surface area contributed by atoms with Crippen LogP contribution >= 0.6 is 0 Å². The lowest BCUT2D eigenvalue weighted by Crippen LogP contribution is -2.30. The molecule has 1 rings (SSSR count). The number of carbonyl (C=O) groups is 1. The summed E-state index contributed by atoms with van der Waals surface area (Å²) >= 11 is 0. The van der Waals surface area contributed by atoms with Crippen molar-refractivity contribution in [3.8, 4) is 5.75 Å². The molecule has 14 heavy (non-hydrogen) atoms. The molecule has 1 aromatic rings. The van der Waals surface area contributed by atoms with Gasteiger partial charge in [0.15, 0.2) is 6.29 Å². The van der Waals surface area contributed by atoms with E-state index in [9.17, 15) is 4.79 Å². The van der Waals surface area contributed by atoms with Crippen molar-refractivity contribution in [2.75, 3.05) is 6.61 Å². The lowest BCUT2D eigenvalue weighted by atomic mass is 9.79. The predicted molar refractivity (Wildman–Crippen MR) is 52.8 cm³/mol. The fourth-order valence-corrected chi connectivity index (χ4v) is 1.11. The molecule has 0 spiro atoms. The van der Waals surface area contributed by atoms with Crippen LogP contribution < -0.4 is 10.2 Å². The van der Waals surface area contributed by atoms with Crippen LogP contribution in [0.1, 0.15) is 17.3 Å². The molecular formula is C9H11BO4. The molecule has 0 aromatic heterocycles. The molecule has 0 heterocycles. The first-order chi connectivity index (χ1) is 6.69. The Bertz CT molecular complexity index is 325. The van der Waals surface area contributed by atoms with E-state index in [2.05, 4.69) is 0 Å². The highest BCUT2D eigenvalue weighted by molar-refractivity contribution is 6.58. The fraction of sp³-hybridized carbons (Fsp3) is 0.222. The van der Waals surface area contributed by atoms with Gasteiger partial charge in [0.1, 0.15) is 5.75 Å². The van der Waals surface area contributed by atoms with Crippen molar-refractivity contribution in [3.05, 3.63) is 23.8 Å². The van der Waals surface area contributed by atoms with Gasteiger partial charge in [-0.3, -0.25) is 4.79 Å². The summed E-state index contributed by atoms with van der Waals surface area (Å²) in [6.45, 7) is 2.27. The molecule has 5 heteroatoms. The maximum atomic E-state index is 10.6. The standard InChI is InChI=1S/C9H11BO4/c1-2-14-9-4-3-8(10(12)13)5-7(9)6-11/h3-6,12-13H,2H2,1H3. The van der Waals surface area contributed by atoms with Crippen LogP contribution in [0.25, 0.3) is 0 Å². The Morgan fingerprint density at radius 1 is 1.50 bits per heavy atom. The molecular weight excluding hydrogens is 183 g/mol. The SMILES string of the molecule is CCOc1ccc(B(O)O)cc1C=O. The zero-order valence-electron chi connectivity index (χ0n) is 7.80. The summed E-state index contributed by atoms with van der Waals surface area (Å²) in [5, 5.41) is 17.7. The lowest BCUT2D eigenvalue weighted by Gasteiger charge is -2.07. The minimum atomic E-state index is -1.57. The van der Waals surface area contributed by atoms with Gasteiger partial charge < -0.3 is 14.8 Å². The molecule has 2 N–H and O–H groups in total. The van der Waals surface area contributed by atoms with Gasteiger partial charge in [-0.15, -0.1) is 0 Å². The van der Waals surface area contributed by atoms with Crippen molar-refractivity contribution in [1.82, 2.24) is 0 Å². The Labute approximate surface area is 82.3 Å². The molecule has 0 saturated heterocycles. The third-order valence-electron chi connectivity index (χ3n) is 1.76. The van der Waals surface area contributed by atoms with Gasteiger partial charge in [-0.05, 0) is 24.5 Å². The van der Waals surface area contributed by atoms with Crippen molar-refractivity contribution in [1.29, 1.82) is 0 Å². The van der Waals surface area contributed by atoms with Crippen molar-refractivity contribution >= 4 is 18.9 Å². The van der Waals surface area contributed by atoms with Crippen molar-refractivity contribution in [3.63, 3.8) is 0 Å². The summed E-state index contributed by atoms with van der Waals surface area (Å²) in [7, 11) is -1.57. The van der Waals surface area contributed by atoms with Crippen molar-refractivity contribution < 1.29 is 19.6 Å². The van der Waals surface area contributed by atoms with Gasteiger partial charge in [0.05, 0.1) is 12.2 Å². The molecule has 0 atom stereocenters. The van der Waals surface area contributed by atoms with E-state index < -0.39 is 7.12 Å². The minimum absolute atomic E-state index is 0.274. The Kier molecular flexibility index (Phi) is 3.68. The highest BCUT2D eigenvalue weighted by Crippen LogP contribution is 2.14. The first-order valence-corrected chi connectivity index (χ1v) is 4.27. The van der Waals surface area contributed by atoms with Gasteiger partial charge in [0.2, 0.25) is 0 Å². The van der Waals surface area contributed by atoms with E-state index in [1.165, 1.54) is 12.1 Å². The van der Waals surface area contributed by atoms with E-state index in [1.54, 1.807) is 6.07 Å². The van der Waals surface area contributed by atoms with Crippen LogP contribution in [-0.4, -0.2) is 30.1 Å². The highest BCUT2D eigenvalue weighted by atomic mass is 16.5. The van der Waals surface area contributed by atoms with E-state index >= 15 is 0 Å². The van der Waals surface area contributed by atoms with Gasteiger partial charge >= 0.3 is 7.12 Å². The Morgan fingerprint density at radius 2 is 2.21 bits per heavy atom. The summed E-state index contributed by atoms with van der Waals surface area (Å²) in [5.74, 6) is 0.451. The van der Waals surface area contributed by atoms with E-state index in [1.807, 2.05) is 6.92 Å². The summed E-state index contributed by atoms with van der Waals surface area (Å²) in [6.07, 6.45) is 0.622. The van der Waals surface area contributed by atoms with E-state index in [0.717, 1.165) is 0 Å². The molecule has 0 saturated carbocycles. The summed E-state index contributed by atoms with van der Waals surface area (Å²) in [5.41, 5.74) is 0.591. The molecule has 0 aliphatic rings.